The van der Waals surface area contributed by atoms with Crippen molar-refractivity contribution in [2.24, 2.45) is 0 Å². The molecule has 130 valence electrons. The van der Waals surface area contributed by atoms with Crippen molar-refractivity contribution in [3.05, 3.63) is 42.0 Å². The van der Waals surface area contributed by atoms with Crippen molar-refractivity contribution in [1.82, 2.24) is 19.6 Å². The van der Waals surface area contributed by atoms with Crippen molar-refractivity contribution in [2.75, 3.05) is 31.2 Å². The van der Waals surface area contributed by atoms with Gasteiger partial charge in [0.15, 0.2) is 5.65 Å². The van der Waals surface area contributed by atoms with Gasteiger partial charge in [-0.05, 0) is 31.0 Å². The minimum Gasteiger partial charge on any atom is -0.378 e. The van der Waals surface area contributed by atoms with Crippen LogP contribution in [0.1, 0.15) is 31.2 Å². The molecule has 6 heteroatoms. The maximum absolute atomic E-state index is 5.47. The van der Waals surface area contributed by atoms with Crippen molar-refractivity contribution in [3.8, 4) is 11.3 Å². The molecular formula is C19H23N5O. The zero-order chi connectivity index (χ0) is 17.4. The van der Waals surface area contributed by atoms with Gasteiger partial charge in [0.1, 0.15) is 0 Å². The Kier molecular flexibility index (Phi) is 4.13. The first-order chi connectivity index (χ1) is 12.1. The summed E-state index contributed by atoms with van der Waals surface area (Å²) in [5.74, 6) is 0.420. The molecule has 4 rings (SSSR count). The van der Waals surface area contributed by atoms with E-state index in [1.54, 1.807) is 0 Å². The van der Waals surface area contributed by atoms with Crippen molar-refractivity contribution in [2.45, 2.75) is 26.7 Å². The maximum Gasteiger partial charge on any atom is 0.178 e. The molecule has 0 spiro atoms. The SMILES string of the molecule is Cc1nc2c(N3CCOCC3)ccnn2c1-c1ccc(C(C)C)nc1. The van der Waals surface area contributed by atoms with E-state index in [9.17, 15) is 0 Å². The maximum atomic E-state index is 5.47. The molecule has 1 saturated heterocycles. The van der Waals surface area contributed by atoms with Crippen LogP contribution >= 0.6 is 0 Å². The summed E-state index contributed by atoms with van der Waals surface area (Å²) in [5, 5.41) is 4.56. The molecule has 1 aliphatic heterocycles. The van der Waals surface area contributed by atoms with E-state index in [4.69, 9.17) is 9.72 Å². The lowest BCUT2D eigenvalue weighted by molar-refractivity contribution is 0.123. The number of pyridine rings is 1. The average molecular weight is 337 g/mol. The van der Waals surface area contributed by atoms with Crippen LogP contribution in [0.2, 0.25) is 0 Å². The topological polar surface area (TPSA) is 55.5 Å². The molecule has 3 aromatic rings. The number of hydrogen-bond donors (Lipinski definition) is 0. The number of rotatable bonds is 3. The summed E-state index contributed by atoms with van der Waals surface area (Å²) in [7, 11) is 0. The number of fused-ring (bicyclic) bond motifs is 1. The molecule has 0 aliphatic carbocycles. The molecule has 0 aromatic carbocycles. The molecule has 0 bridgehead atoms. The number of anilines is 1. The van der Waals surface area contributed by atoms with Gasteiger partial charge in [-0.3, -0.25) is 4.98 Å². The quantitative estimate of drug-likeness (QED) is 0.735. The van der Waals surface area contributed by atoms with Gasteiger partial charge in [-0.1, -0.05) is 13.8 Å². The molecule has 0 radical (unpaired) electrons. The van der Waals surface area contributed by atoms with Crippen molar-refractivity contribution < 1.29 is 4.74 Å². The molecule has 1 aliphatic rings. The lowest BCUT2D eigenvalue weighted by atomic mass is 10.1. The Morgan fingerprint density at radius 1 is 1.12 bits per heavy atom. The highest BCUT2D eigenvalue weighted by atomic mass is 16.5. The third-order valence-electron chi connectivity index (χ3n) is 4.68. The fourth-order valence-corrected chi connectivity index (χ4v) is 3.31. The molecule has 4 heterocycles. The standard InChI is InChI=1S/C19H23N5O/c1-13(2)16-5-4-15(12-20-16)18-14(3)22-19-17(6-7-21-24(18)19)23-8-10-25-11-9-23/h4-7,12-13H,8-11H2,1-3H3. The van der Waals surface area contributed by atoms with Crippen LogP contribution in [0.5, 0.6) is 0 Å². The molecule has 6 nitrogen and oxygen atoms in total. The van der Waals surface area contributed by atoms with E-state index in [2.05, 4.69) is 41.0 Å². The largest absolute Gasteiger partial charge is 0.378 e. The van der Waals surface area contributed by atoms with Crippen LogP contribution in [0.25, 0.3) is 16.9 Å². The van der Waals surface area contributed by atoms with Gasteiger partial charge in [0.2, 0.25) is 0 Å². The van der Waals surface area contributed by atoms with Crippen molar-refractivity contribution >= 4 is 11.3 Å². The number of morpholine rings is 1. The van der Waals surface area contributed by atoms with E-state index >= 15 is 0 Å². The van der Waals surface area contributed by atoms with Gasteiger partial charge in [0, 0.05) is 30.5 Å². The number of imidazole rings is 1. The summed E-state index contributed by atoms with van der Waals surface area (Å²) >= 11 is 0. The van der Waals surface area contributed by atoms with E-state index < -0.39 is 0 Å². The second kappa shape index (κ2) is 6.44. The van der Waals surface area contributed by atoms with Crippen molar-refractivity contribution in [1.29, 1.82) is 0 Å². The van der Waals surface area contributed by atoms with Gasteiger partial charge in [-0.2, -0.15) is 5.10 Å². The lowest BCUT2D eigenvalue weighted by Crippen LogP contribution is -2.36. The first-order valence-electron chi connectivity index (χ1n) is 8.78. The fraction of sp³-hybridized carbons (Fsp3) is 0.421. The van der Waals surface area contributed by atoms with E-state index in [1.807, 2.05) is 29.9 Å². The smallest absolute Gasteiger partial charge is 0.178 e. The predicted octanol–water partition coefficient (Wildman–Crippen LogP) is 3.06. The zero-order valence-electron chi connectivity index (χ0n) is 14.9. The van der Waals surface area contributed by atoms with Crippen LogP contribution in [0.15, 0.2) is 30.6 Å². The number of hydrogen-bond acceptors (Lipinski definition) is 5. The average Bonchev–Trinajstić information content (AvgIpc) is 2.98. The summed E-state index contributed by atoms with van der Waals surface area (Å²) in [6.45, 7) is 9.60. The Labute approximate surface area is 147 Å². The predicted molar refractivity (Wildman–Crippen MR) is 98.1 cm³/mol. The molecular weight excluding hydrogens is 314 g/mol. The summed E-state index contributed by atoms with van der Waals surface area (Å²) < 4.78 is 7.41. The second-order valence-corrected chi connectivity index (χ2v) is 6.72. The molecule has 25 heavy (non-hydrogen) atoms. The number of ether oxygens (including phenoxy) is 1. The van der Waals surface area contributed by atoms with E-state index in [-0.39, 0.29) is 0 Å². The van der Waals surface area contributed by atoms with Crippen LogP contribution in [0, 0.1) is 6.92 Å². The van der Waals surface area contributed by atoms with Gasteiger partial charge in [-0.15, -0.1) is 0 Å². The third-order valence-corrected chi connectivity index (χ3v) is 4.68. The first-order valence-corrected chi connectivity index (χ1v) is 8.78. The molecule has 3 aromatic heterocycles. The van der Waals surface area contributed by atoms with E-state index in [0.717, 1.165) is 60.3 Å². The zero-order valence-corrected chi connectivity index (χ0v) is 14.9. The minimum absolute atomic E-state index is 0.420. The van der Waals surface area contributed by atoms with Crippen LogP contribution in [-0.2, 0) is 4.74 Å². The molecule has 0 N–H and O–H groups in total. The van der Waals surface area contributed by atoms with Gasteiger partial charge in [0.05, 0.1) is 36.5 Å². The Hall–Kier alpha value is -2.47. The Bertz CT molecular complexity index is 879. The van der Waals surface area contributed by atoms with Crippen LogP contribution < -0.4 is 4.90 Å². The highest BCUT2D eigenvalue weighted by molar-refractivity contribution is 5.75. The van der Waals surface area contributed by atoms with Gasteiger partial charge < -0.3 is 9.64 Å². The molecule has 0 unspecified atom stereocenters. The Morgan fingerprint density at radius 3 is 2.60 bits per heavy atom. The Morgan fingerprint density at radius 2 is 1.92 bits per heavy atom. The lowest BCUT2D eigenvalue weighted by Gasteiger charge is -2.28. The van der Waals surface area contributed by atoms with Crippen molar-refractivity contribution in [3.63, 3.8) is 0 Å². The molecule has 0 amide bonds. The summed E-state index contributed by atoms with van der Waals surface area (Å²) in [6.07, 6.45) is 3.77. The van der Waals surface area contributed by atoms with Gasteiger partial charge in [0.25, 0.3) is 0 Å². The van der Waals surface area contributed by atoms with Gasteiger partial charge in [-0.25, -0.2) is 9.50 Å². The molecule has 0 saturated carbocycles. The molecule has 0 atom stereocenters. The summed E-state index contributed by atoms with van der Waals surface area (Å²) in [4.78, 5) is 11.7. The normalized spacial score (nSPS) is 15.3. The molecule has 1 fully saturated rings. The highest BCUT2D eigenvalue weighted by Gasteiger charge is 2.19. The monoisotopic (exact) mass is 337 g/mol. The number of aryl methyl sites for hydroxylation is 1. The first kappa shape index (κ1) is 16.0. The van der Waals surface area contributed by atoms with Crippen LogP contribution in [0.4, 0.5) is 5.69 Å². The van der Waals surface area contributed by atoms with Crippen LogP contribution in [-0.4, -0.2) is 45.9 Å². The van der Waals surface area contributed by atoms with E-state index in [1.165, 1.54) is 0 Å². The third kappa shape index (κ3) is 2.87. The number of nitrogens with zero attached hydrogens (tertiary/aromatic N) is 5. The number of aromatic nitrogens is 4. The summed E-state index contributed by atoms with van der Waals surface area (Å²) in [6, 6.07) is 6.24. The summed E-state index contributed by atoms with van der Waals surface area (Å²) in [5.41, 5.74) is 6.11. The second-order valence-electron chi connectivity index (χ2n) is 6.72. The van der Waals surface area contributed by atoms with E-state index in [0.29, 0.717) is 5.92 Å². The van der Waals surface area contributed by atoms with Crippen LogP contribution in [0.3, 0.4) is 0 Å². The highest BCUT2D eigenvalue weighted by Crippen LogP contribution is 2.29. The van der Waals surface area contributed by atoms with Gasteiger partial charge >= 0.3 is 0 Å². The fourth-order valence-electron chi connectivity index (χ4n) is 3.31. The Balaban J connectivity index is 1.81. The minimum atomic E-state index is 0.420.